The number of rotatable bonds is 2. The average molecular weight is 278 g/mol. The summed E-state index contributed by atoms with van der Waals surface area (Å²) in [5, 5.41) is 10.1. The van der Waals surface area contributed by atoms with Crippen LogP contribution < -0.4 is 4.74 Å². The Balaban J connectivity index is 2.41. The summed E-state index contributed by atoms with van der Waals surface area (Å²) in [5.74, 6) is 0.963. The van der Waals surface area contributed by atoms with Crippen molar-refractivity contribution < 1.29 is 4.74 Å². The van der Waals surface area contributed by atoms with Crippen LogP contribution in [0.5, 0.6) is 11.5 Å². The van der Waals surface area contributed by atoms with E-state index in [0.29, 0.717) is 27.1 Å². The molecule has 0 heterocycles. The van der Waals surface area contributed by atoms with E-state index in [4.69, 9.17) is 33.2 Å². The molecule has 2 rings (SSSR count). The lowest BCUT2D eigenvalue weighted by Crippen LogP contribution is -1.91. The number of hydrogen-bond acceptors (Lipinski definition) is 2. The van der Waals surface area contributed by atoms with Gasteiger partial charge in [-0.2, -0.15) is 5.26 Å². The van der Waals surface area contributed by atoms with Gasteiger partial charge in [-0.05, 0) is 36.8 Å². The third-order valence-electron chi connectivity index (χ3n) is 2.46. The van der Waals surface area contributed by atoms with Gasteiger partial charge < -0.3 is 4.74 Å². The van der Waals surface area contributed by atoms with Gasteiger partial charge in [0, 0.05) is 5.02 Å². The van der Waals surface area contributed by atoms with E-state index in [1.54, 1.807) is 24.3 Å². The molecule has 2 aromatic carbocycles. The highest BCUT2D eigenvalue weighted by Gasteiger charge is 2.09. The standard InChI is InChI=1S/C14H9Cl2NO/c1-9-3-2-4-13(11(9)8-17)18-14-6-5-10(15)7-12(14)16/h2-7H,1H3. The third kappa shape index (κ3) is 2.59. The van der Waals surface area contributed by atoms with Crippen molar-refractivity contribution in [3.63, 3.8) is 0 Å². The van der Waals surface area contributed by atoms with E-state index >= 15 is 0 Å². The van der Waals surface area contributed by atoms with Crippen molar-refractivity contribution >= 4 is 23.2 Å². The van der Waals surface area contributed by atoms with E-state index in [1.807, 2.05) is 19.1 Å². The van der Waals surface area contributed by atoms with Crippen LogP contribution >= 0.6 is 23.2 Å². The molecule has 0 radical (unpaired) electrons. The Bertz CT molecular complexity index is 632. The third-order valence-corrected chi connectivity index (χ3v) is 2.99. The Morgan fingerprint density at radius 3 is 2.56 bits per heavy atom. The second-order valence-electron chi connectivity index (χ2n) is 3.74. The number of hydrogen-bond donors (Lipinski definition) is 0. The molecule has 0 aromatic heterocycles. The molecule has 0 unspecified atom stereocenters. The average Bonchev–Trinajstić information content (AvgIpc) is 2.33. The number of nitriles is 1. The van der Waals surface area contributed by atoms with Crippen LogP contribution in [0.1, 0.15) is 11.1 Å². The fraction of sp³-hybridized carbons (Fsp3) is 0.0714. The van der Waals surface area contributed by atoms with Gasteiger partial charge >= 0.3 is 0 Å². The predicted octanol–water partition coefficient (Wildman–Crippen LogP) is 4.97. The molecule has 0 atom stereocenters. The first kappa shape index (κ1) is 12.8. The van der Waals surface area contributed by atoms with E-state index in [2.05, 4.69) is 6.07 Å². The lowest BCUT2D eigenvalue weighted by atomic mass is 10.1. The van der Waals surface area contributed by atoms with E-state index in [9.17, 15) is 0 Å². The first-order chi connectivity index (χ1) is 8.61. The van der Waals surface area contributed by atoms with Gasteiger partial charge in [0.25, 0.3) is 0 Å². The van der Waals surface area contributed by atoms with Crippen LogP contribution in [0.25, 0.3) is 0 Å². The van der Waals surface area contributed by atoms with Gasteiger partial charge in [0.05, 0.1) is 10.6 Å². The van der Waals surface area contributed by atoms with Gasteiger partial charge in [0.1, 0.15) is 17.6 Å². The Labute approximate surface area is 115 Å². The summed E-state index contributed by atoms with van der Waals surface area (Å²) >= 11 is 11.8. The zero-order valence-electron chi connectivity index (χ0n) is 9.58. The van der Waals surface area contributed by atoms with E-state index in [1.165, 1.54) is 0 Å². The molecule has 2 aromatic rings. The first-order valence-corrected chi connectivity index (χ1v) is 6.00. The molecule has 4 heteroatoms. The maximum Gasteiger partial charge on any atom is 0.146 e. The molecule has 0 saturated heterocycles. The SMILES string of the molecule is Cc1cccc(Oc2ccc(Cl)cc2Cl)c1C#N. The summed E-state index contributed by atoms with van der Waals surface area (Å²) in [4.78, 5) is 0. The van der Waals surface area contributed by atoms with Gasteiger partial charge in [-0.25, -0.2) is 0 Å². The number of halogens is 2. The molecule has 0 aliphatic carbocycles. The van der Waals surface area contributed by atoms with Crippen LogP contribution in [0.2, 0.25) is 10.0 Å². The summed E-state index contributed by atoms with van der Waals surface area (Å²) in [5.41, 5.74) is 1.36. The Morgan fingerprint density at radius 2 is 1.89 bits per heavy atom. The van der Waals surface area contributed by atoms with Crippen molar-refractivity contribution in [1.82, 2.24) is 0 Å². The normalized spacial score (nSPS) is 9.89. The summed E-state index contributed by atoms with van der Waals surface area (Å²) in [6.07, 6.45) is 0. The molecule has 0 spiro atoms. The number of benzene rings is 2. The van der Waals surface area contributed by atoms with Crippen LogP contribution in [-0.2, 0) is 0 Å². The molecule has 0 amide bonds. The highest BCUT2D eigenvalue weighted by atomic mass is 35.5. The topological polar surface area (TPSA) is 33.0 Å². The lowest BCUT2D eigenvalue weighted by molar-refractivity contribution is 0.481. The number of aryl methyl sites for hydroxylation is 1. The minimum absolute atomic E-state index is 0.410. The number of ether oxygens (including phenoxy) is 1. The van der Waals surface area contributed by atoms with E-state index in [-0.39, 0.29) is 0 Å². The molecular formula is C14H9Cl2NO. The Hall–Kier alpha value is -1.69. The maximum atomic E-state index is 9.11. The molecule has 0 N–H and O–H groups in total. The van der Waals surface area contributed by atoms with Crippen molar-refractivity contribution in [1.29, 1.82) is 5.26 Å². The van der Waals surface area contributed by atoms with Crippen LogP contribution in [0.15, 0.2) is 36.4 Å². The molecule has 2 nitrogen and oxygen atoms in total. The molecule has 0 fully saturated rings. The molecule has 90 valence electrons. The van der Waals surface area contributed by atoms with Crippen molar-refractivity contribution in [3.05, 3.63) is 57.6 Å². The summed E-state index contributed by atoms with van der Waals surface area (Å²) in [6, 6.07) is 12.5. The lowest BCUT2D eigenvalue weighted by Gasteiger charge is -2.10. The zero-order chi connectivity index (χ0) is 13.1. The molecule has 0 bridgehead atoms. The van der Waals surface area contributed by atoms with Crippen LogP contribution in [0, 0.1) is 18.3 Å². The molecule has 18 heavy (non-hydrogen) atoms. The van der Waals surface area contributed by atoms with Crippen molar-refractivity contribution in [3.8, 4) is 17.6 Å². The van der Waals surface area contributed by atoms with Gasteiger partial charge in [0.2, 0.25) is 0 Å². The number of nitrogens with zero attached hydrogens (tertiary/aromatic N) is 1. The van der Waals surface area contributed by atoms with Crippen LogP contribution in [-0.4, -0.2) is 0 Å². The quantitative estimate of drug-likeness (QED) is 0.777. The smallest absolute Gasteiger partial charge is 0.146 e. The minimum atomic E-state index is 0.410. The fourth-order valence-corrected chi connectivity index (χ4v) is 1.99. The summed E-state index contributed by atoms with van der Waals surface area (Å²) < 4.78 is 5.65. The Morgan fingerprint density at radius 1 is 1.11 bits per heavy atom. The van der Waals surface area contributed by atoms with Gasteiger partial charge in [-0.3, -0.25) is 0 Å². The van der Waals surface area contributed by atoms with Crippen molar-refractivity contribution in [2.24, 2.45) is 0 Å². The summed E-state index contributed by atoms with van der Waals surface area (Å²) in [6.45, 7) is 1.86. The Kier molecular flexibility index (Phi) is 3.76. The first-order valence-electron chi connectivity index (χ1n) is 5.24. The van der Waals surface area contributed by atoms with Crippen molar-refractivity contribution in [2.45, 2.75) is 6.92 Å². The van der Waals surface area contributed by atoms with Crippen LogP contribution in [0.3, 0.4) is 0 Å². The zero-order valence-corrected chi connectivity index (χ0v) is 11.1. The van der Waals surface area contributed by atoms with Crippen molar-refractivity contribution in [2.75, 3.05) is 0 Å². The molecule has 0 aliphatic rings. The predicted molar refractivity (Wildman–Crippen MR) is 72.4 cm³/mol. The van der Waals surface area contributed by atoms with Gasteiger partial charge in [-0.15, -0.1) is 0 Å². The largest absolute Gasteiger partial charge is 0.454 e. The highest BCUT2D eigenvalue weighted by molar-refractivity contribution is 6.35. The fourth-order valence-electron chi connectivity index (χ4n) is 1.55. The van der Waals surface area contributed by atoms with E-state index < -0.39 is 0 Å². The van der Waals surface area contributed by atoms with Gasteiger partial charge in [-0.1, -0.05) is 35.3 Å². The second-order valence-corrected chi connectivity index (χ2v) is 4.58. The van der Waals surface area contributed by atoms with Gasteiger partial charge in [0.15, 0.2) is 0 Å². The second kappa shape index (κ2) is 5.30. The summed E-state index contributed by atoms with van der Waals surface area (Å²) in [7, 11) is 0. The monoisotopic (exact) mass is 277 g/mol. The molecule has 0 aliphatic heterocycles. The maximum absolute atomic E-state index is 9.11. The minimum Gasteiger partial charge on any atom is -0.454 e. The molecule has 0 saturated carbocycles. The van der Waals surface area contributed by atoms with Crippen LogP contribution in [0.4, 0.5) is 0 Å². The molecular weight excluding hydrogens is 269 g/mol. The van der Waals surface area contributed by atoms with E-state index in [0.717, 1.165) is 5.56 Å². The highest BCUT2D eigenvalue weighted by Crippen LogP contribution is 2.33.